The summed E-state index contributed by atoms with van der Waals surface area (Å²) in [6.45, 7) is 2.06. The van der Waals surface area contributed by atoms with E-state index in [4.69, 9.17) is 4.74 Å². The van der Waals surface area contributed by atoms with Gasteiger partial charge in [0.2, 0.25) is 0 Å². The van der Waals surface area contributed by atoms with Crippen LogP contribution < -0.4 is 0 Å². The topological polar surface area (TPSA) is 46.6 Å². The molecule has 1 fully saturated rings. The lowest BCUT2D eigenvalue weighted by Gasteiger charge is -2.42. The molecule has 2 aliphatic rings. The van der Waals surface area contributed by atoms with E-state index in [0.717, 1.165) is 19.3 Å². The van der Waals surface area contributed by atoms with E-state index in [1.54, 1.807) is 14.0 Å². The van der Waals surface area contributed by atoms with E-state index in [0.29, 0.717) is 12.1 Å². The zero-order valence-electron chi connectivity index (χ0n) is 9.08. The number of rotatable bonds is 3. The number of imide groups is 1. The Morgan fingerprint density at radius 2 is 2.13 bits per heavy atom. The highest BCUT2D eigenvalue weighted by atomic mass is 16.5. The van der Waals surface area contributed by atoms with Gasteiger partial charge in [0.15, 0.2) is 0 Å². The molecule has 0 aromatic heterocycles. The van der Waals surface area contributed by atoms with Crippen LogP contribution in [0.4, 0.5) is 0 Å². The molecule has 0 N–H and O–H groups in total. The van der Waals surface area contributed by atoms with Crippen molar-refractivity contribution < 1.29 is 14.3 Å². The van der Waals surface area contributed by atoms with Crippen LogP contribution >= 0.6 is 0 Å². The lowest BCUT2D eigenvalue weighted by Crippen LogP contribution is -2.51. The van der Waals surface area contributed by atoms with E-state index in [2.05, 4.69) is 0 Å². The van der Waals surface area contributed by atoms with Gasteiger partial charge in [0.1, 0.15) is 0 Å². The standard InChI is InChI=1S/C11H15NO3/c1-8-6-9(13)12(10(8)14)7-11(15-2)4-3-5-11/h6H,3-5,7H2,1-2H3. The molecule has 0 saturated heterocycles. The number of carbonyl (C=O) groups excluding carboxylic acids is 2. The zero-order chi connectivity index (χ0) is 11.1. The molecule has 1 heterocycles. The molecule has 82 valence electrons. The summed E-state index contributed by atoms with van der Waals surface area (Å²) < 4.78 is 5.40. The molecule has 0 radical (unpaired) electrons. The summed E-state index contributed by atoms with van der Waals surface area (Å²) in [5.41, 5.74) is 0.245. The maximum Gasteiger partial charge on any atom is 0.256 e. The summed E-state index contributed by atoms with van der Waals surface area (Å²) >= 11 is 0. The lowest BCUT2D eigenvalue weighted by atomic mass is 9.79. The Morgan fingerprint density at radius 3 is 2.47 bits per heavy atom. The molecule has 0 bridgehead atoms. The van der Waals surface area contributed by atoms with Crippen LogP contribution in [0.25, 0.3) is 0 Å². The van der Waals surface area contributed by atoms with Crippen LogP contribution in [0.3, 0.4) is 0 Å². The van der Waals surface area contributed by atoms with E-state index in [1.807, 2.05) is 0 Å². The van der Waals surface area contributed by atoms with Crippen LogP contribution in [-0.2, 0) is 14.3 Å². The summed E-state index contributed by atoms with van der Waals surface area (Å²) in [6, 6.07) is 0. The molecule has 1 saturated carbocycles. The average molecular weight is 209 g/mol. The van der Waals surface area contributed by atoms with E-state index in [9.17, 15) is 9.59 Å². The normalized spacial score (nSPS) is 24.1. The number of methoxy groups -OCH3 is 1. The first-order chi connectivity index (χ1) is 7.08. The van der Waals surface area contributed by atoms with Crippen molar-refractivity contribution >= 4 is 11.8 Å². The van der Waals surface area contributed by atoms with Crippen molar-refractivity contribution in [3.8, 4) is 0 Å². The Morgan fingerprint density at radius 1 is 1.47 bits per heavy atom. The Balaban J connectivity index is 2.07. The van der Waals surface area contributed by atoms with Crippen LogP contribution in [0, 0.1) is 0 Å². The van der Waals surface area contributed by atoms with Gasteiger partial charge >= 0.3 is 0 Å². The molecular weight excluding hydrogens is 194 g/mol. The first-order valence-electron chi connectivity index (χ1n) is 5.17. The van der Waals surface area contributed by atoms with Crippen LogP contribution in [0.2, 0.25) is 0 Å². The number of carbonyl (C=O) groups is 2. The van der Waals surface area contributed by atoms with Gasteiger partial charge in [-0.1, -0.05) is 0 Å². The molecule has 0 aromatic carbocycles. The number of hydrogen-bond acceptors (Lipinski definition) is 3. The third kappa shape index (κ3) is 1.59. The summed E-state index contributed by atoms with van der Waals surface area (Å²) in [7, 11) is 1.64. The van der Waals surface area contributed by atoms with Crippen molar-refractivity contribution in [3.05, 3.63) is 11.6 Å². The van der Waals surface area contributed by atoms with Gasteiger partial charge in [0.25, 0.3) is 11.8 Å². The maximum atomic E-state index is 11.6. The zero-order valence-corrected chi connectivity index (χ0v) is 9.08. The third-order valence-electron chi connectivity index (χ3n) is 3.33. The van der Waals surface area contributed by atoms with Crippen LogP contribution in [0.1, 0.15) is 26.2 Å². The Bertz CT molecular complexity index is 336. The van der Waals surface area contributed by atoms with Crippen LogP contribution in [-0.4, -0.2) is 36.0 Å². The quantitative estimate of drug-likeness (QED) is 0.648. The van der Waals surface area contributed by atoms with Gasteiger partial charge in [-0.25, -0.2) is 0 Å². The second-order valence-corrected chi connectivity index (χ2v) is 4.30. The van der Waals surface area contributed by atoms with Crippen molar-refractivity contribution in [2.45, 2.75) is 31.8 Å². The van der Waals surface area contributed by atoms with Gasteiger partial charge in [-0.3, -0.25) is 14.5 Å². The SMILES string of the molecule is COC1(CN2C(=O)C=C(C)C2=O)CCC1. The summed E-state index contributed by atoms with van der Waals surface area (Å²) in [5.74, 6) is -0.385. The molecule has 0 atom stereocenters. The summed E-state index contributed by atoms with van der Waals surface area (Å²) in [4.78, 5) is 24.4. The maximum absolute atomic E-state index is 11.6. The minimum Gasteiger partial charge on any atom is -0.376 e. The first kappa shape index (κ1) is 10.4. The Labute approximate surface area is 88.9 Å². The van der Waals surface area contributed by atoms with E-state index in [-0.39, 0.29) is 17.4 Å². The second-order valence-electron chi connectivity index (χ2n) is 4.30. The molecular formula is C11H15NO3. The van der Waals surface area contributed by atoms with E-state index in [1.165, 1.54) is 11.0 Å². The number of ether oxygens (including phenoxy) is 1. The molecule has 4 heteroatoms. The number of hydrogen-bond donors (Lipinski definition) is 0. The number of nitrogens with zero attached hydrogens (tertiary/aromatic N) is 1. The van der Waals surface area contributed by atoms with Crippen molar-refractivity contribution in [3.63, 3.8) is 0 Å². The first-order valence-corrected chi connectivity index (χ1v) is 5.17. The smallest absolute Gasteiger partial charge is 0.256 e. The van der Waals surface area contributed by atoms with E-state index < -0.39 is 0 Å². The van der Waals surface area contributed by atoms with Gasteiger partial charge in [-0.05, 0) is 26.2 Å². The summed E-state index contributed by atoms with van der Waals surface area (Å²) in [6.07, 6.45) is 4.36. The predicted molar refractivity (Wildman–Crippen MR) is 54.1 cm³/mol. The fourth-order valence-electron chi connectivity index (χ4n) is 2.07. The minimum absolute atomic E-state index is 0.177. The summed E-state index contributed by atoms with van der Waals surface area (Å²) in [5, 5.41) is 0. The van der Waals surface area contributed by atoms with Crippen molar-refractivity contribution in [2.75, 3.05) is 13.7 Å². The molecule has 0 spiro atoms. The molecule has 2 rings (SSSR count). The highest BCUT2D eigenvalue weighted by Crippen LogP contribution is 2.36. The molecule has 1 aliphatic heterocycles. The molecule has 0 aromatic rings. The van der Waals surface area contributed by atoms with Crippen molar-refractivity contribution in [1.29, 1.82) is 0 Å². The fraction of sp³-hybridized carbons (Fsp3) is 0.636. The van der Waals surface area contributed by atoms with Gasteiger partial charge in [-0.2, -0.15) is 0 Å². The van der Waals surface area contributed by atoms with Crippen LogP contribution in [0.15, 0.2) is 11.6 Å². The molecule has 0 unspecified atom stereocenters. The van der Waals surface area contributed by atoms with Crippen molar-refractivity contribution in [2.24, 2.45) is 0 Å². The lowest BCUT2D eigenvalue weighted by molar-refractivity contribution is -0.147. The Hall–Kier alpha value is -1.16. The third-order valence-corrected chi connectivity index (χ3v) is 3.33. The molecule has 4 nitrogen and oxygen atoms in total. The van der Waals surface area contributed by atoms with E-state index >= 15 is 0 Å². The van der Waals surface area contributed by atoms with Gasteiger partial charge in [-0.15, -0.1) is 0 Å². The highest BCUT2D eigenvalue weighted by Gasteiger charge is 2.42. The molecule has 15 heavy (non-hydrogen) atoms. The van der Waals surface area contributed by atoms with Gasteiger partial charge in [0, 0.05) is 18.8 Å². The predicted octanol–water partition coefficient (Wildman–Crippen LogP) is 0.871. The van der Waals surface area contributed by atoms with Gasteiger partial charge < -0.3 is 4.74 Å². The highest BCUT2D eigenvalue weighted by molar-refractivity contribution is 6.15. The van der Waals surface area contributed by atoms with Gasteiger partial charge in [0.05, 0.1) is 12.1 Å². The monoisotopic (exact) mass is 209 g/mol. The molecule has 2 amide bonds. The van der Waals surface area contributed by atoms with Crippen LogP contribution in [0.5, 0.6) is 0 Å². The number of amides is 2. The van der Waals surface area contributed by atoms with Crippen molar-refractivity contribution in [1.82, 2.24) is 4.90 Å². The Kier molecular flexibility index (Phi) is 2.38. The fourth-order valence-corrected chi connectivity index (χ4v) is 2.07. The second kappa shape index (κ2) is 3.45. The average Bonchev–Trinajstić information content (AvgIpc) is 2.37. The molecule has 1 aliphatic carbocycles. The minimum atomic E-state index is -0.274. The largest absolute Gasteiger partial charge is 0.376 e.